The summed E-state index contributed by atoms with van der Waals surface area (Å²) in [6, 6.07) is 6.77. The van der Waals surface area contributed by atoms with Crippen molar-refractivity contribution in [3.05, 3.63) is 23.9 Å². The van der Waals surface area contributed by atoms with Crippen LogP contribution in [0.2, 0.25) is 0 Å². The maximum Gasteiger partial charge on any atom is 0.126 e. The van der Waals surface area contributed by atoms with Gasteiger partial charge in [0.05, 0.1) is 0 Å². The third-order valence-electron chi connectivity index (χ3n) is 3.08. The number of aromatic nitrogens is 1. The van der Waals surface area contributed by atoms with Gasteiger partial charge >= 0.3 is 0 Å². The third-order valence-corrected chi connectivity index (χ3v) is 3.08. The maximum atomic E-state index is 4.46. The SMILES string of the molecule is Cc1cccc(NC2CCCC2C)n1. The highest BCUT2D eigenvalue weighted by molar-refractivity contribution is 5.36. The molecule has 0 radical (unpaired) electrons. The van der Waals surface area contributed by atoms with Crippen molar-refractivity contribution in [2.24, 2.45) is 5.92 Å². The molecule has 1 aliphatic rings. The Morgan fingerprint density at radius 2 is 2.21 bits per heavy atom. The first kappa shape index (κ1) is 9.50. The minimum absolute atomic E-state index is 0.629. The van der Waals surface area contributed by atoms with E-state index in [9.17, 15) is 0 Å². The summed E-state index contributed by atoms with van der Waals surface area (Å²) in [6.45, 7) is 4.35. The Morgan fingerprint density at radius 1 is 1.36 bits per heavy atom. The number of hydrogen-bond donors (Lipinski definition) is 1. The van der Waals surface area contributed by atoms with E-state index in [-0.39, 0.29) is 0 Å². The maximum absolute atomic E-state index is 4.46. The molecule has 2 unspecified atom stereocenters. The first-order valence-corrected chi connectivity index (χ1v) is 5.46. The van der Waals surface area contributed by atoms with Crippen LogP contribution in [0.3, 0.4) is 0 Å². The van der Waals surface area contributed by atoms with E-state index in [1.165, 1.54) is 19.3 Å². The normalized spacial score (nSPS) is 26.4. The van der Waals surface area contributed by atoms with Crippen molar-refractivity contribution in [3.8, 4) is 0 Å². The quantitative estimate of drug-likeness (QED) is 0.775. The summed E-state index contributed by atoms with van der Waals surface area (Å²) in [5.74, 6) is 1.82. The number of aryl methyl sites for hydroxylation is 1. The van der Waals surface area contributed by atoms with Gasteiger partial charge in [-0.15, -0.1) is 0 Å². The minimum atomic E-state index is 0.629. The van der Waals surface area contributed by atoms with Gasteiger partial charge in [0.25, 0.3) is 0 Å². The van der Waals surface area contributed by atoms with Gasteiger partial charge in [0, 0.05) is 11.7 Å². The van der Waals surface area contributed by atoms with Crippen LogP contribution in [0.5, 0.6) is 0 Å². The monoisotopic (exact) mass is 190 g/mol. The van der Waals surface area contributed by atoms with Crippen molar-refractivity contribution in [2.45, 2.75) is 39.2 Å². The molecule has 2 atom stereocenters. The largest absolute Gasteiger partial charge is 0.367 e. The summed E-state index contributed by atoms with van der Waals surface area (Å²) in [5.41, 5.74) is 1.08. The highest BCUT2D eigenvalue weighted by Crippen LogP contribution is 2.27. The first-order valence-electron chi connectivity index (χ1n) is 5.46. The lowest BCUT2D eigenvalue weighted by Gasteiger charge is -2.17. The zero-order valence-electron chi connectivity index (χ0n) is 8.96. The van der Waals surface area contributed by atoms with E-state index in [4.69, 9.17) is 0 Å². The zero-order chi connectivity index (χ0) is 9.97. The average Bonchev–Trinajstić information content (AvgIpc) is 2.52. The highest BCUT2D eigenvalue weighted by atomic mass is 15.0. The van der Waals surface area contributed by atoms with Gasteiger partial charge in [-0.3, -0.25) is 0 Å². The molecule has 2 nitrogen and oxygen atoms in total. The van der Waals surface area contributed by atoms with E-state index < -0.39 is 0 Å². The molecule has 0 amide bonds. The van der Waals surface area contributed by atoms with Crippen LogP contribution in [0, 0.1) is 12.8 Å². The number of hydrogen-bond acceptors (Lipinski definition) is 2. The lowest BCUT2D eigenvalue weighted by molar-refractivity contribution is 0.555. The summed E-state index contributed by atoms with van der Waals surface area (Å²) < 4.78 is 0. The number of anilines is 1. The summed E-state index contributed by atoms with van der Waals surface area (Å²) in [4.78, 5) is 4.46. The van der Waals surface area contributed by atoms with Gasteiger partial charge in [0.2, 0.25) is 0 Å². The Kier molecular flexibility index (Phi) is 2.71. The molecule has 1 fully saturated rings. The van der Waals surface area contributed by atoms with Crippen molar-refractivity contribution in [2.75, 3.05) is 5.32 Å². The molecule has 76 valence electrons. The lowest BCUT2D eigenvalue weighted by atomic mass is 10.1. The van der Waals surface area contributed by atoms with Gasteiger partial charge in [0.15, 0.2) is 0 Å². The van der Waals surface area contributed by atoms with Gasteiger partial charge < -0.3 is 5.32 Å². The summed E-state index contributed by atoms with van der Waals surface area (Å²) in [6.07, 6.45) is 3.99. The van der Waals surface area contributed by atoms with Crippen molar-refractivity contribution >= 4 is 5.82 Å². The molecule has 1 saturated carbocycles. The summed E-state index contributed by atoms with van der Waals surface area (Å²) in [5, 5.41) is 3.52. The molecule has 0 bridgehead atoms. The minimum Gasteiger partial charge on any atom is -0.367 e. The molecule has 0 aliphatic heterocycles. The highest BCUT2D eigenvalue weighted by Gasteiger charge is 2.23. The molecule has 2 rings (SSSR count). The van der Waals surface area contributed by atoms with E-state index in [0.29, 0.717) is 6.04 Å². The van der Waals surface area contributed by atoms with Crippen LogP contribution < -0.4 is 5.32 Å². The molecular formula is C12H18N2. The van der Waals surface area contributed by atoms with Gasteiger partial charge in [-0.05, 0) is 37.8 Å². The van der Waals surface area contributed by atoms with Crippen molar-refractivity contribution in [3.63, 3.8) is 0 Å². The molecule has 0 saturated heterocycles. The van der Waals surface area contributed by atoms with Gasteiger partial charge in [-0.1, -0.05) is 19.4 Å². The lowest BCUT2D eigenvalue weighted by Crippen LogP contribution is -2.22. The predicted octanol–water partition coefficient (Wildman–Crippen LogP) is 2.99. The van der Waals surface area contributed by atoms with Crippen LogP contribution in [0.4, 0.5) is 5.82 Å². The van der Waals surface area contributed by atoms with Crippen LogP contribution in [-0.4, -0.2) is 11.0 Å². The van der Waals surface area contributed by atoms with E-state index >= 15 is 0 Å². The molecular weight excluding hydrogens is 172 g/mol. The van der Waals surface area contributed by atoms with Gasteiger partial charge in [0.1, 0.15) is 5.82 Å². The molecule has 1 aromatic heterocycles. The molecule has 0 aromatic carbocycles. The van der Waals surface area contributed by atoms with Crippen LogP contribution in [-0.2, 0) is 0 Å². The molecule has 1 aliphatic carbocycles. The predicted molar refractivity (Wildman–Crippen MR) is 59.4 cm³/mol. The molecule has 0 spiro atoms. The molecule has 1 N–H and O–H groups in total. The average molecular weight is 190 g/mol. The van der Waals surface area contributed by atoms with Crippen LogP contribution in [0.1, 0.15) is 31.9 Å². The second-order valence-electron chi connectivity index (χ2n) is 4.32. The molecule has 1 aromatic rings. The zero-order valence-corrected chi connectivity index (χ0v) is 8.96. The number of nitrogens with zero attached hydrogens (tertiary/aromatic N) is 1. The summed E-state index contributed by atoms with van der Waals surface area (Å²) >= 11 is 0. The smallest absolute Gasteiger partial charge is 0.126 e. The second-order valence-corrected chi connectivity index (χ2v) is 4.32. The van der Waals surface area contributed by atoms with Crippen molar-refractivity contribution < 1.29 is 0 Å². The van der Waals surface area contributed by atoms with Crippen LogP contribution in [0.25, 0.3) is 0 Å². The van der Waals surface area contributed by atoms with Crippen LogP contribution in [0.15, 0.2) is 18.2 Å². The third kappa shape index (κ3) is 2.06. The Balaban J connectivity index is 2.03. The second kappa shape index (κ2) is 3.99. The van der Waals surface area contributed by atoms with E-state index in [2.05, 4.69) is 29.4 Å². The van der Waals surface area contributed by atoms with Gasteiger partial charge in [-0.2, -0.15) is 0 Å². The Bertz CT molecular complexity index is 309. The van der Waals surface area contributed by atoms with Crippen molar-refractivity contribution in [1.29, 1.82) is 0 Å². The van der Waals surface area contributed by atoms with Gasteiger partial charge in [-0.25, -0.2) is 4.98 Å². The Labute approximate surface area is 85.7 Å². The van der Waals surface area contributed by atoms with Crippen LogP contribution >= 0.6 is 0 Å². The van der Waals surface area contributed by atoms with E-state index in [1.54, 1.807) is 0 Å². The molecule has 1 heterocycles. The fourth-order valence-corrected chi connectivity index (χ4v) is 2.17. The number of rotatable bonds is 2. The molecule has 2 heteroatoms. The number of nitrogens with one attached hydrogen (secondary N) is 1. The Morgan fingerprint density at radius 3 is 2.86 bits per heavy atom. The fourth-order valence-electron chi connectivity index (χ4n) is 2.17. The Hall–Kier alpha value is -1.05. The number of pyridine rings is 1. The molecule has 14 heavy (non-hydrogen) atoms. The van der Waals surface area contributed by atoms with E-state index in [0.717, 1.165) is 17.4 Å². The van der Waals surface area contributed by atoms with E-state index in [1.807, 2.05) is 13.0 Å². The standard InChI is InChI=1S/C12H18N2/c1-9-5-3-7-11(9)14-12-8-4-6-10(2)13-12/h4,6,8-9,11H,3,5,7H2,1-2H3,(H,13,14). The first-order chi connectivity index (χ1) is 6.75. The fraction of sp³-hybridized carbons (Fsp3) is 0.583. The topological polar surface area (TPSA) is 24.9 Å². The van der Waals surface area contributed by atoms with Crippen molar-refractivity contribution in [1.82, 2.24) is 4.98 Å². The summed E-state index contributed by atoms with van der Waals surface area (Å²) in [7, 11) is 0.